The smallest absolute Gasteiger partial charge is 0.393 e. The molecule has 84 valence electrons. The van der Waals surface area contributed by atoms with Crippen molar-refractivity contribution in [1.82, 2.24) is 0 Å². The van der Waals surface area contributed by atoms with Gasteiger partial charge in [-0.1, -0.05) is 12.1 Å². The van der Waals surface area contributed by atoms with Crippen LogP contribution in [-0.2, 0) is 12.3 Å². The summed E-state index contributed by atoms with van der Waals surface area (Å²) in [5.41, 5.74) is 0.860. The molecule has 0 saturated carbocycles. The highest BCUT2D eigenvalue weighted by Crippen LogP contribution is 2.26. The number of alkyl halides is 4. The van der Waals surface area contributed by atoms with Gasteiger partial charge in [0, 0.05) is 5.56 Å². The molecule has 0 aliphatic rings. The van der Waals surface area contributed by atoms with Gasteiger partial charge in [0.2, 0.25) is 0 Å². The van der Waals surface area contributed by atoms with Gasteiger partial charge in [-0.25, -0.2) is 0 Å². The highest BCUT2D eigenvalue weighted by Gasteiger charge is 2.27. The monoisotopic (exact) mass is 238 g/mol. The van der Waals surface area contributed by atoms with Crippen LogP contribution in [0.15, 0.2) is 18.2 Å². The van der Waals surface area contributed by atoms with Crippen LogP contribution in [0.5, 0.6) is 5.75 Å². The minimum Gasteiger partial charge on any atom is -0.496 e. The Balaban J connectivity index is 2.93. The molecule has 0 amide bonds. The maximum Gasteiger partial charge on any atom is 0.393 e. The van der Waals surface area contributed by atoms with Crippen molar-refractivity contribution >= 4 is 11.6 Å². The van der Waals surface area contributed by atoms with Crippen molar-refractivity contribution in [1.29, 1.82) is 0 Å². The Morgan fingerprint density at radius 1 is 1.33 bits per heavy atom. The van der Waals surface area contributed by atoms with Crippen molar-refractivity contribution in [2.45, 2.75) is 18.5 Å². The predicted octanol–water partition coefficient (Wildman–Crippen LogP) is 3.54. The lowest BCUT2D eigenvalue weighted by atomic mass is 10.1. The Kier molecular flexibility index (Phi) is 3.85. The largest absolute Gasteiger partial charge is 0.496 e. The van der Waals surface area contributed by atoms with Crippen LogP contribution in [0.4, 0.5) is 13.2 Å². The second kappa shape index (κ2) is 4.75. The summed E-state index contributed by atoms with van der Waals surface area (Å²) in [5, 5.41) is 0. The minimum atomic E-state index is -4.20. The van der Waals surface area contributed by atoms with Crippen LogP contribution >= 0.6 is 11.6 Å². The molecular weight excluding hydrogens is 229 g/mol. The van der Waals surface area contributed by atoms with E-state index in [1.165, 1.54) is 19.2 Å². The van der Waals surface area contributed by atoms with Gasteiger partial charge in [-0.15, -0.1) is 11.6 Å². The molecule has 1 nitrogen and oxygen atoms in total. The maximum absolute atomic E-state index is 12.1. The predicted molar refractivity (Wildman–Crippen MR) is 52.3 cm³/mol. The normalized spacial score (nSPS) is 11.5. The zero-order chi connectivity index (χ0) is 11.5. The second-order valence-corrected chi connectivity index (χ2v) is 3.34. The fraction of sp³-hybridized carbons (Fsp3) is 0.400. The van der Waals surface area contributed by atoms with Gasteiger partial charge < -0.3 is 4.74 Å². The summed E-state index contributed by atoms with van der Waals surface area (Å²) in [4.78, 5) is 0. The van der Waals surface area contributed by atoms with E-state index in [9.17, 15) is 13.2 Å². The first-order valence-electron chi connectivity index (χ1n) is 4.25. The summed E-state index contributed by atoms with van der Waals surface area (Å²) in [7, 11) is 1.41. The van der Waals surface area contributed by atoms with Crippen LogP contribution in [-0.4, -0.2) is 13.3 Å². The number of hydrogen-bond acceptors (Lipinski definition) is 1. The van der Waals surface area contributed by atoms with E-state index in [4.69, 9.17) is 16.3 Å². The standard InChI is InChI=1S/C10H10ClF3O/c1-15-9-4-7(5-10(12,13)14)2-3-8(9)6-11/h2-4H,5-6H2,1H3. The van der Waals surface area contributed by atoms with E-state index in [1.807, 2.05) is 0 Å². The van der Waals surface area contributed by atoms with Crippen molar-refractivity contribution in [2.75, 3.05) is 7.11 Å². The molecule has 5 heteroatoms. The number of methoxy groups -OCH3 is 1. The summed E-state index contributed by atoms with van der Waals surface area (Å²) in [6.45, 7) is 0. The lowest BCUT2D eigenvalue weighted by Gasteiger charge is -2.10. The molecule has 0 bridgehead atoms. The second-order valence-electron chi connectivity index (χ2n) is 3.07. The lowest BCUT2D eigenvalue weighted by Crippen LogP contribution is -2.11. The summed E-state index contributed by atoms with van der Waals surface area (Å²) in [6.07, 6.45) is -5.15. The summed E-state index contributed by atoms with van der Waals surface area (Å²) >= 11 is 5.59. The average Bonchev–Trinajstić information content (AvgIpc) is 2.15. The molecule has 0 aliphatic heterocycles. The van der Waals surface area contributed by atoms with Gasteiger partial charge in [0.25, 0.3) is 0 Å². The zero-order valence-electron chi connectivity index (χ0n) is 8.07. The fourth-order valence-corrected chi connectivity index (χ4v) is 1.46. The molecule has 0 atom stereocenters. The van der Waals surface area contributed by atoms with Gasteiger partial charge >= 0.3 is 6.18 Å². The summed E-state index contributed by atoms with van der Waals surface area (Å²) in [6, 6.07) is 4.33. The molecule has 1 aromatic carbocycles. The van der Waals surface area contributed by atoms with Gasteiger partial charge in [0.1, 0.15) is 5.75 Å². The first-order chi connectivity index (χ1) is 6.96. The molecule has 0 unspecified atom stereocenters. The zero-order valence-corrected chi connectivity index (χ0v) is 8.82. The number of rotatable bonds is 3. The molecule has 0 heterocycles. The van der Waals surface area contributed by atoms with Gasteiger partial charge in [-0.3, -0.25) is 0 Å². The molecule has 0 saturated heterocycles. The third kappa shape index (κ3) is 3.63. The number of benzene rings is 1. The first kappa shape index (κ1) is 12.2. The van der Waals surface area contributed by atoms with E-state index in [2.05, 4.69) is 0 Å². The Labute approximate surface area is 90.8 Å². The van der Waals surface area contributed by atoms with Crippen LogP contribution in [0.25, 0.3) is 0 Å². The minimum absolute atomic E-state index is 0.174. The molecule has 0 spiro atoms. The fourth-order valence-electron chi connectivity index (χ4n) is 1.24. The first-order valence-corrected chi connectivity index (χ1v) is 4.78. The third-order valence-corrected chi connectivity index (χ3v) is 2.19. The van der Waals surface area contributed by atoms with Crippen LogP contribution in [0.2, 0.25) is 0 Å². The summed E-state index contributed by atoms with van der Waals surface area (Å²) < 4.78 is 41.2. The molecule has 0 radical (unpaired) electrons. The number of halogens is 4. The van der Waals surface area contributed by atoms with Crippen LogP contribution in [0, 0.1) is 0 Å². The van der Waals surface area contributed by atoms with Crippen molar-refractivity contribution in [2.24, 2.45) is 0 Å². The van der Waals surface area contributed by atoms with Crippen molar-refractivity contribution in [3.63, 3.8) is 0 Å². The molecule has 15 heavy (non-hydrogen) atoms. The average molecular weight is 239 g/mol. The van der Waals surface area contributed by atoms with Gasteiger partial charge in [-0.2, -0.15) is 13.2 Å². The van der Waals surface area contributed by atoms with E-state index in [0.717, 1.165) is 0 Å². The summed E-state index contributed by atoms with van der Waals surface area (Å²) in [5.74, 6) is 0.613. The Morgan fingerprint density at radius 3 is 2.47 bits per heavy atom. The molecule has 0 aromatic heterocycles. The molecular formula is C10H10ClF3O. The van der Waals surface area contributed by atoms with Crippen LogP contribution < -0.4 is 4.74 Å². The maximum atomic E-state index is 12.1. The van der Waals surface area contributed by atoms with Crippen LogP contribution in [0.3, 0.4) is 0 Å². The van der Waals surface area contributed by atoms with E-state index >= 15 is 0 Å². The van der Waals surface area contributed by atoms with Crippen molar-refractivity contribution < 1.29 is 17.9 Å². The topological polar surface area (TPSA) is 9.23 Å². The molecule has 1 rings (SSSR count). The Hall–Kier alpha value is -0.900. The molecule has 0 N–H and O–H groups in total. The van der Waals surface area contributed by atoms with Crippen molar-refractivity contribution in [3.8, 4) is 5.75 Å². The SMILES string of the molecule is COc1cc(CC(F)(F)F)ccc1CCl. The number of ether oxygens (including phenoxy) is 1. The highest BCUT2D eigenvalue weighted by molar-refractivity contribution is 6.17. The van der Waals surface area contributed by atoms with E-state index in [1.54, 1.807) is 6.07 Å². The molecule has 0 aliphatic carbocycles. The number of hydrogen-bond donors (Lipinski definition) is 0. The van der Waals surface area contributed by atoms with E-state index < -0.39 is 12.6 Å². The molecule has 0 fully saturated rings. The Morgan fingerprint density at radius 2 is 2.00 bits per heavy atom. The Bertz CT molecular complexity index is 336. The van der Waals surface area contributed by atoms with Gasteiger partial charge in [0.05, 0.1) is 19.4 Å². The van der Waals surface area contributed by atoms with Crippen molar-refractivity contribution in [3.05, 3.63) is 29.3 Å². The lowest BCUT2D eigenvalue weighted by molar-refractivity contribution is -0.127. The third-order valence-electron chi connectivity index (χ3n) is 1.90. The van der Waals surface area contributed by atoms with Gasteiger partial charge in [0.15, 0.2) is 0 Å². The van der Waals surface area contributed by atoms with E-state index in [-0.39, 0.29) is 11.4 Å². The van der Waals surface area contributed by atoms with Crippen LogP contribution in [0.1, 0.15) is 11.1 Å². The molecule has 1 aromatic rings. The quantitative estimate of drug-likeness (QED) is 0.732. The highest BCUT2D eigenvalue weighted by atomic mass is 35.5. The van der Waals surface area contributed by atoms with Gasteiger partial charge in [-0.05, 0) is 11.6 Å². The van der Waals surface area contributed by atoms with E-state index in [0.29, 0.717) is 11.3 Å².